The van der Waals surface area contributed by atoms with E-state index in [1.165, 1.54) is 0 Å². The van der Waals surface area contributed by atoms with Gasteiger partial charge in [-0.25, -0.2) is 0 Å². The van der Waals surface area contributed by atoms with Crippen molar-refractivity contribution in [2.24, 2.45) is 4.99 Å². The summed E-state index contributed by atoms with van der Waals surface area (Å²) in [4.78, 5) is 4.48. The molecule has 0 saturated carbocycles. The van der Waals surface area contributed by atoms with Gasteiger partial charge in [0.1, 0.15) is 4.95 Å². The normalized spacial score (nSPS) is 17.4. The first kappa shape index (κ1) is 12.9. The van der Waals surface area contributed by atoms with Crippen molar-refractivity contribution in [3.05, 3.63) is 23.3 Å². The number of ether oxygens (including phenoxy) is 2. The van der Waals surface area contributed by atoms with E-state index in [0.717, 1.165) is 23.3 Å². The zero-order valence-corrected chi connectivity index (χ0v) is 11.8. The Labute approximate surface area is 114 Å². The van der Waals surface area contributed by atoms with Crippen molar-refractivity contribution in [3.63, 3.8) is 0 Å². The number of alkyl halides is 1. The summed E-state index contributed by atoms with van der Waals surface area (Å²) in [5.74, 6) is 1.36. The minimum absolute atomic E-state index is 0.0199. The Balaban J connectivity index is 2.53. The summed E-state index contributed by atoms with van der Waals surface area (Å²) in [5, 5.41) is 8.86. The summed E-state index contributed by atoms with van der Waals surface area (Å²) in [6.45, 7) is 0. The lowest BCUT2D eigenvalue weighted by molar-refractivity contribution is 0.354. The summed E-state index contributed by atoms with van der Waals surface area (Å²) in [7, 11) is 3.21. The van der Waals surface area contributed by atoms with E-state index in [9.17, 15) is 0 Å². The highest BCUT2D eigenvalue weighted by atomic mass is 79.9. The van der Waals surface area contributed by atoms with E-state index in [1.54, 1.807) is 14.2 Å². The van der Waals surface area contributed by atoms with Crippen molar-refractivity contribution in [2.45, 2.75) is 17.8 Å². The standard InChI is InChI=1S/C13H13BrN2O2/c1-17-11-5-8-6-13(14)16-10(3-4-15)9(8)7-12(11)18-2/h5,7,13H,3,6H2,1-2H3. The molecule has 1 aromatic carbocycles. The second kappa shape index (κ2) is 5.40. The van der Waals surface area contributed by atoms with E-state index < -0.39 is 0 Å². The molecule has 0 amide bonds. The van der Waals surface area contributed by atoms with Gasteiger partial charge in [-0.2, -0.15) is 5.26 Å². The lowest BCUT2D eigenvalue weighted by Gasteiger charge is -2.21. The van der Waals surface area contributed by atoms with Crippen molar-refractivity contribution >= 4 is 21.6 Å². The molecule has 1 unspecified atom stereocenters. The lowest BCUT2D eigenvalue weighted by atomic mass is 9.95. The van der Waals surface area contributed by atoms with Crippen molar-refractivity contribution < 1.29 is 9.47 Å². The van der Waals surface area contributed by atoms with Gasteiger partial charge in [0.2, 0.25) is 0 Å². The molecule has 1 aliphatic heterocycles. The molecule has 4 nitrogen and oxygen atoms in total. The molecule has 1 aliphatic rings. The van der Waals surface area contributed by atoms with E-state index in [-0.39, 0.29) is 4.95 Å². The number of benzene rings is 1. The molecule has 0 saturated heterocycles. The topological polar surface area (TPSA) is 54.6 Å². The molecule has 5 heteroatoms. The SMILES string of the molecule is COc1cc2c(cc1OC)C(CC#N)=NC(Br)C2. The molecule has 94 valence electrons. The van der Waals surface area contributed by atoms with E-state index in [2.05, 4.69) is 27.0 Å². The molecule has 0 N–H and O–H groups in total. The number of hydrogen-bond donors (Lipinski definition) is 0. The first-order chi connectivity index (χ1) is 8.69. The third-order valence-electron chi connectivity index (χ3n) is 2.85. The minimum atomic E-state index is 0.0199. The van der Waals surface area contributed by atoms with Crippen LogP contribution in [0, 0.1) is 11.3 Å². The number of fused-ring (bicyclic) bond motifs is 1. The fraction of sp³-hybridized carbons (Fsp3) is 0.385. The molecule has 0 fully saturated rings. The Morgan fingerprint density at radius 2 is 2.06 bits per heavy atom. The number of nitriles is 1. The molecule has 1 heterocycles. The molecular formula is C13H13BrN2O2. The average Bonchev–Trinajstić information content (AvgIpc) is 2.37. The maximum atomic E-state index is 8.86. The highest BCUT2D eigenvalue weighted by Crippen LogP contribution is 2.34. The van der Waals surface area contributed by atoms with Gasteiger partial charge in [-0.1, -0.05) is 15.9 Å². The van der Waals surface area contributed by atoms with Crippen LogP contribution in [0.1, 0.15) is 17.5 Å². The van der Waals surface area contributed by atoms with Crippen LogP contribution in [0.25, 0.3) is 0 Å². The average molecular weight is 309 g/mol. The van der Waals surface area contributed by atoms with Gasteiger partial charge in [-0.05, 0) is 17.7 Å². The largest absolute Gasteiger partial charge is 0.493 e. The van der Waals surface area contributed by atoms with Crippen LogP contribution in [-0.2, 0) is 6.42 Å². The van der Waals surface area contributed by atoms with Gasteiger partial charge in [0.25, 0.3) is 0 Å². The van der Waals surface area contributed by atoms with Crippen LogP contribution in [0.5, 0.6) is 11.5 Å². The fourth-order valence-electron chi connectivity index (χ4n) is 2.04. The molecule has 0 aliphatic carbocycles. The van der Waals surface area contributed by atoms with Crippen LogP contribution in [0.2, 0.25) is 0 Å². The van der Waals surface area contributed by atoms with E-state index in [4.69, 9.17) is 14.7 Å². The van der Waals surface area contributed by atoms with Crippen molar-refractivity contribution in [3.8, 4) is 17.6 Å². The molecule has 0 spiro atoms. The van der Waals surface area contributed by atoms with Gasteiger partial charge in [0, 0.05) is 12.0 Å². The highest BCUT2D eigenvalue weighted by Gasteiger charge is 2.21. The molecule has 18 heavy (non-hydrogen) atoms. The smallest absolute Gasteiger partial charge is 0.161 e. The van der Waals surface area contributed by atoms with Gasteiger partial charge in [-0.15, -0.1) is 0 Å². The van der Waals surface area contributed by atoms with E-state index >= 15 is 0 Å². The third kappa shape index (κ3) is 2.34. The zero-order chi connectivity index (χ0) is 13.1. The Bertz CT molecular complexity index is 535. The summed E-state index contributed by atoms with van der Waals surface area (Å²) >= 11 is 3.48. The van der Waals surface area contributed by atoms with Crippen LogP contribution >= 0.6 is 15.9 Å². The Morgan fingerprint density at radius 3 is 2.67 bits per heavy atom. The quantitative estimate of drug-likeness (QED) is 0.637. The van der Waals surface area contributed by atoms with Gasteiger partial charge in [0.15, 0.2) is 11.5 Å². The highest BCUT2D eigenvalue weighted by molar-refractivity contribution is 9.09. The third-order valence-corrected chi connectivity index (χ3v) is 3.38. The van der Waals surface area contributed by atoms with Crippen molar-refractivity contribution in [1.82, 2.24) is 0 Å². The van der Waals surface area contributed by atoms with Crippen LogP contribution in [0.4, 0.5) is 0 Å². The van der Waals surface area contributed by atoms with Crippen LogP contribution in [0.15, 0.2) is 17.1 Å². The second-order valence-electron chi connectivity index (χ2n) is 3.91. The Morgan fingerprint density at radius 1 is 1.39 bits per heavy atom. The van der Waals surface area contributed by atoms with E-state index in [1.807, 2.05) is 12.1 Å². The van der Waals surface area contributed by atoms with Gasteiger partial charge in [0.05, 0.1) is 32.4 Å². The Kier molecular flexibility index (Phi) is 3.87. The van der Waals surface area contributed by atoms with Gasteiger partial charge < -0.3 is 9.47 Å². The molecule has 2 rings (SSSR count). The summed E-state index contributed by atoms with van der Waals surface area (Å²) in [5.41, 5.74) is 2.89. The number of hydrogen-bond acceptors (Lipinski definition) is 4. The zero-order valence-electron chi connectivity index (χ0n) is 10.2. The molecule has 0 bridgehead atoms. The fourth-order valence-corrected chi connectivity index (χ4v) is 2.64. The lowest BCUT2D eigenvalue weighted by Crippen LogP contribution is -2.17. The molecule has 1 atom stereocenters. The number of halogens is 1. The predicted molar refractivity (Wildman–Crippen MR) is 72.7 cm³/mol. The molecule has 1 aromatic rings. The Hall–Kier alpha value is -1.54. The number of aliphatic imine (C=N–C) groups is 1. The number of nitrogens with zero attached hydrogens (tertiary/aromatic N) is 2. The van der Waals surface area contributed by atoms with Crippen molar-refractivity contribution in [2.75, 3.05) is 14.2 Å². The maximum Gasteiger partial charge on any atom is 0.161 e. The van der Waals surface area contributed by atoms with Crippen molar-refractivity contribution in [1.29, 1.82) is 5.26 Å². The number of methoxy groups -OCH3 is 2. The molecular weight excluding hydrogens is 296 g/mol. The van der Waals surface area contributed by atoms with Crippen LogP contribution < -0.4 is 9.47 Å². The monoisotopic (exact) mass is 308 g/mol. The first-order valence-corrected chi connectivity index (χ1v) is 6.44. The van der Waals surface area contributed by atoms with Crippen LogP contribution in [0.3, 0.4) is 0 Å². The minimum Gasteiger partial charge on any atom is -0.493 e. The summed E-state index contributed by atoms with van der Waals surface area (Å²) < 4.78 is 10.6. The second-order valence-corrected chi connectivity index (χ2v) is 4.97. The van der Waals surface area contributed by atoms with Gasteiger partial charge in [-0.3, -0.25) is 4.99 Å². The maximum absolute atomic E-state index is 8.86. The summed E-state index contributed by atoms with van der Waals surface area (Å²) in [6.07, 6.45) is 1.08. The molecule has 0 aromatic heterocycles. The van der Waals surface area contributed by atoms with Gasteiger partial charge >= 0.3 is 0 Å². The predicted octanol–water partition coefficient (Wildman–Crippen LogP) is 2.68. The molecule has 0 radical (unpaired) electrons. The summed E-state index contributed by atoms with van der Waals surface area (Å²) in [6, 6.07) is 5.99. The number of rotatable bonds is 3. The first-order valence-electron chi connectivity index (χ1n) is 5.52. The van der Waals surface area contributed by atoms with Crippen LogP contribution in [-0.4, -0.2) is 24.9 Å². The van der Waals surface area contributed by atoms with E-state index in [0.29, 0.717) is 17.9 Å².